The molecule has 1 fully saturated rings. The molecule has 38 heavy (non-hydrogen) atoms. The zero-order valence-electron chi connectivity index (χ0n) is 21.1. The topological polar surface area (TPSA) is 157 Å². The molecule has 2 heterocycles. The molecule has 1 unspecified atom stereocenters. The number of carbonyl (C=O) groups is 5. The van der Waals surface area contributed by atoms with Crippen LogP contribution in [0.5, 0.6) is 5.75 Å². The van der Waals surface area contributed by atoms with Gasteiger partial charge in [-0.25, -0.2) is 4.79 Å². The number of carboxylic acids is 1. The van der Waals surface area contributed by atoms with E-state index in [9.17, 15) is 29.1 Å². The second kappa shape index (κ2) is 9.32. The monoisotopic (exact) mass is 527 g/mol. The van der Waals surface area contributed by atoms with E-state index in [0.29, 0.717) is 37.0 Å². The molecule has 2 bridgehead atoms. The number of aliphatic carboxylic acids is 1. The first-order valence-electron chi connectivity index (χ1n) is 12.5. The number of likely N-dealkylation sites (N-methyl/N-ethyl adjacent to an activating group) is 1. The summed E-state index contributed by atoms with van der Waals surface area (Å²) in [4.78, 5) is 61.2. The van der Waals surface area contributed by atoms with Crippen LogP contribution >= 0.6 is 0 Å². The first kappa shape index (κ1) is 26.1. The Morgan fingerprint density at radius 2 is 1.97 bits per heavy atom. The highest BCUT2D eigenvalue weighted by atomic mass is 16.6. The molecule has 5 rings (SSSR count). The van der Waals surface area contributed by atoms with Crippen LogP contribution in [0.4, 0.5) is 0 Å². The first-order valence-corrected chi connectivity index (χ1v) is 12.5. The number of benzene rings is 1. The molecule has 2 aliphatic carbocycles. The molecule has 0 radical (unpaired) electrons. The van der Waals surface area contributed by atoms with Crippen LogP contribution in [0.1, 0.15) is 60.5 Å². The smallest absolute Gasteiger partial charge is 0.345 e. The lowest BCUT2D eigenvalue weighted by Crippen LogP contribution is -2.74. The first-order chi connectivity index (χ1) is 18.0. The van der Waals surface area contributed by atoms with E-state index in [0.717, 1.165) is 11.1 Å². The highest BCUT2D eigenvalue weighted by molar-refractivity contribution is 5.86. The average Bonchev–Trinajstić information content (AvgIpc) is 3.21. The van der Waals surface area contributed by atoms with Crippen LogP contribution in [-0.2, 0) is 40.5 Å². The fourth-order valence-corrected chi connectivity index (χ4v) is 6.61. The molecule has 202 valence electrons. The lowest BCUT2D eigenvalue weighted by molar-refractivity contribution is -0.170. The number of ether oxygens (including phenoxy) is 3. The number of carboxylic acid groups (broad SMARTS) is 1. The number of nitrogens with zero attached hydrogens (tertiary/aromatic N) is 1. The normalized spacial score (nSPS) is 29.3. The van der Waals surface area contributed by atoms with Gasteiger partial charge in [-0.1, -0.05) is 6.07 Å². The molecule has 2 aliphatic heterocycles. The van der Waals surface area contributed by atoms with Crippen molar-refractivity contribution in [1.82, 2.24) is 4.90 Å². The fourth-order valence-electron chi connectivity index (χ4n) is 6.61. The number of likely N-dealkylation sites (tertiary alicyclic amines) is 1. The molecule has 1 saturated heterocycles. The maximum Gasteiger partial charge on any atom is 0.345 e. The van der Waals surface area contributed by atoms with E-state index in [2.05, 4.69) is 4.90 Å². The van der Waals surface area contributed by atoms with Gasteiger partial charge in [0, 0.05) is 18.0 Å². The maximum atomic E-state index is 12.7. The van der Waals surface area contributed by atoms with Crippen LogP contribution in [0.3, 0.4) is 0 Å². The number of piperidine rings is 1. The number of aldehydes is 1. The number of rotatable bonds is 9. The molecule has 11 nitrogen and oxygen atoms in total. The number of hydrogen-bond donors (Lipinski definition) is 2. The summed E-state index contributed by atoms with van der Waals surface area (Å²) in [5, 5.41) is 21.3. The van der Waals surface area contributed by atoms with Crippen LogP contribution in [-0.4, -0.2) is 82.5 Å². The molecule has 1 aromatic carbocycles. The van der Waals surface area contributed by atoms with Gasteiger partial charge in [0.2, 0.25) is 6.10 Å². The third kappa shape index (κ3) is 3.83. The van der Waals surface area contributed by atoms with Crippen molar-refractivity contribution in [2.45, 2.75) is 74.7 Å². The summed E-state index contributed by atoms with van der Waals surface area (Å²) in [5.41, 5.74) is 0.0422. The number of ketones is 1. The minimum Gasteiger partial charge on any atom is -0.480 e. The second-order valence-corrected chi connectivity index (χ2v) is 10.5. The highest BCUT2D eigenvalue weighted by Gasteiger charge is 2.71. The molecule has 0 saturated carbocycles. The molecule has 1 aromatic rings. The number of esters is 2. The standard InChI is InChI=1S/C27H29NO10/c1-14(30)11-18(25(33)34)37-21(32)6-5-20(31)36-17-7-8-27(35)19-12-15-3-4-16(13-29)23-22(15)26(27,24(17)38-23)9-10-28(19)2/h3-4,7,13,18-19,24,35H,5-6,8-12H2,1-2H3,(H,33,34)/t18?,19-,24+,26+,27-/m1/s1. The zero-order chi connectivity index (χ0) is 27.4. The van der Waals surface area contributed by atoms with Crippen LogP contribution < -0.4 is 4.74 Å². The summed E-state index contributed by atoms with van der Waals surface area (Å²) >= 11 is 0. The second-order valence-electron chi connectivity index (χ2n) is 10.5. The van der Waals surface area contributed by atoms with Gasteiger partial charge in [0.05, 0.1) is 35.8 Å². The zero-order valence-corrected chi connectivity index (χ0v) is 21.1. The summed E-state index contributed by atoms with van der Waals surface area (Å²) in [6, 6.07) is 3.41. The highest BCUT2D eigenvalue weighted by Crippen LogP contribution is 2.64. The molecule has 0 amide bonds. The van der Waals surface area contributed by atoms with E-state index in [-0.39, 0.29) is 18.2 Å². The van der Waals surface area contributed by atoms with Gasteiger partial charge >= 0.3 is 17.9 Å². The summed E-state index contributed by atoms with van der Waals surface area (Å²) in [6.45, 7) is 1.86. The van der Waals surface area contributed by atoms with Crippen molar-refractivity contribution in [3.8, 4) is 5.75 Å². The summed E-state index contributed by atoms with van der Waals surface area (Å²) in [6.07, 6.45) is -0.0880. The van der Waals surface area contributed by atoms with Gasteiger partial charge in [-0.05, 0) is 51.1 Å². The van der Waals surface area contributed by atoms with Gasteiger partial charge in [-0.3, -0.25) is 19.2 Å². The van der Waals surface area contributed by atoms with Gasteiger partial charge in [-0.2, -0.15) is 0 Å². The number of carbonyl (C=O) groups excluding carboxylic acids is 4. The van der Waals surface area contributed by atoms with Gasteiger partial charge in [0.1, 0.15) is 17.3 Å². The van der Waals surface area contributed by atoms with Crippen LogP contribution in [0.2, 0.25) is 0 Å². The Hall–Kier alpha value is -3.57. The fraction of sp³-hybridized carbons (Fsp3) is 0.519. The molecule has 0 aromatic heterocycles. The molecule has 11 heteroatoms. The van der Waals surface area contributed by atoms with E-state index in [1.165, 1.54) is 6.92 Å². The summed E-state index contributed by atoms with van der Waals surface area (Å²) in [7, 11) is 1.97. The van der Waals surface area contributed by atoms with Crippen molar-refractivity contribution in [1.29, 1.82) is 0 Å². The summed E-state index contributed by atoms with van der Waals surface area (Å²) in [5.74, 6) is -3.00. The van der Waals surface area contributed by atoms with E-state index in [4.69, 9.17) is 19.3 Å². The van der Waals surface area contributed by atoms with Crippen LogP contribution in [0.25, 0.3) is 0 Å². The number of aliphatic hydroxyl groups is 1. The SMILES string of the molecule is CC(=O)CC(OC(=O)CCC(=O)OC1=CC[C@@]2(O)[C@H]3Cc4ccc(C=O)c5c4[C@@]2(CCN3C)[C@H]1O5)C(=O)O. The van der Waals surface area contributed by atoms with Gasteiger partial charge < -0.3 is 29.3 Å². The van der Waals surface area contributed by atoms with E-state index in [1.54, 1.807) is 12.1 Å². The van der Waals surface area contributed by atoms with Crippen molar-refractivity contribution in [3.63, 3.8) is 0 Å². The van der Waals surface area contributed by atoms with E-state index >= 15 is 0 Å². The Labute approximate surface area is 218 Å². The minimum atomic E-state index is -1.62. The lowest BCUT2D eigenvalue weighted by atomic mass is 9.50. The minimum absolute atomic E-state index is 0.191. The van der Waals surface area contributed by atoms with Crippen molar-refractivity contribution in [3.05, 3.63) is 40.7 Å². The van der Waals surface area contributed by atoms with Crippen LogP contribution in [0.15, 0.2) is 24.0 Å². The predicted molar refractivity (Wildman–Crippen MR) is 128 cm³/mol. The quantitative estimate of drug-likeness (QED) is 0.350. The number of Topliss-reactive ketones (excluding diaryl/α,β-unsaturated/α-hetero) is 1. The Bertz CT molecular complexity index is 1270. The molecule has 1 spiro atoms. The third-order valence-corrected chi connectivity index (χ3v) is 8.32. The largest absolute Gasteiger partial charge is 0.480 e. The number of hydrogen-bond acceptors (Lipinski definition) is 10. The Morgan fingerprint density at radius 3 is 2.66 bits per heavy atom. The van der Waals surface area contributed by atoms with Gasteiger partial charge in [0.25, 0.3) is 0 Å². The molecule has 4 aliphatic rings. The lowest BCUT2D eigenvalue weighted by Gasteiger charge is -2.61. The van der Waals surface area contributed by atoms with Gasteiger partial charge in [-0.15, -0.1) is 0 Å². The van der Waals surface area contributed by atoms with Crippen molar-refractivity contribution in [2.75, 3.05) is 13.6 Å². The van der Waals surface area contributed by atoms with Crippen molar-refractivity contribution >= 4 is 30.0 Å². The maximum absolute atomic E-state index is 12.7. The Morgan fingerprint density at radius 1 is 1.24 bits per heavy atom. The Kier molecular flexibility index (Phi) is 6.39. The van der Waals surface area contributed by atoms with Gasteiger partial charge in [0.15, 0.2) is 12.4 Å². The predicted octanol–water partition coefficient (Wildman–Crippen LogP) is 1.08. The molecule has 5 atom stereocenters. The van der Waals surface area contributed by atoms with Crippen LogP contribution in [0, 0.1) is 0 Å². The molecular formula is C27H29NO10. The van der Waals surface area contributed by atoms with E-state index < -0.39 is 66.2 Å². The van der Waals surface area contributed by atoms with Crippen molar-refractivity contribution in [2.24, 2.45) is 0 Å². The molecular weight excluding hydrogens is 498 g/mol. The summed E-state index contributed by atoms with van der Waals surface area (Å²) < 4.78 is 16.8. The van der Waals surface area contributed by atoms with E-state index in [1.807, 2.05) is 13.1 Å². The third-order valence-electron chi connectivity index (χ3n) is 8.32. The molecule has 2 N–H and O–H groups in total. The Balaban J connectivity index is 1.36. The van der Waals surface area contributed by atoms with Crippen molar-refractivity contribution < 1.29 is 48.4 Å². The average molecular weight is 528 g/mol.